The van der Waals surface area contributed by atoms with E-state index in [1.54, 1.807) is 0 Å². The number of hydrogen-bond donors (Lipinski definition) is 2. The van der Waals surface area contributed by atoms with Crippen molar-refractivity contribution in [1.82, 2.24) is 4.89 Å². The number of nitrogens with one attached hydrogen (secondary N) is 1. The molecule has 1 aromatic carbocycles. The van der Waals surface area contributed by atoms with Crippen LogP contribution in [0.4, 0.5) is 0 Å². The molecule has 0 saturated carbocycles. The van der Waals surface area contributed by atoms with Gasteiger partial charge < -0.3 is 9.84 Å². The van der Waals surface area contributed by atoms with E-state index in [0.29, 0.717) is 13.0 Å². The van der Waals surface area contributed by atoms with Crippen LogP contribution in [-0.4, -0.2) is 32.4 Å². The highest BCUT2D eigenvalue weighted by Crippen LogP contribution is 2.17. The second-order valence-electron chi connectivity index (χ2n) is 4.30. The largest absolute Gasteiger partial charge is 0.478 e. The first-order valence-electron chi connectivity index (χ1n) is 6.12. The van der Waals surface area contributed by atoms with Gasteiger partial charge in [0.25, 0.3) is 10.0 Å². The number of carboxylic acids is 1. The van der Waals surface area contributed by atoms with Crippen LogP contribution < -0.4 is 4.89 Å². The molecule has 1 aromatic rings. The van der Waals surface area contributed by atoms with Crippen molar-refractivity contribution >= 4 is 16.0 Å². The van der Waals surface area contributed by atoms with E-state index >= 15 is 0 Å². The molecule has 1 atom stereocenters. The van der Waals surface area contributed by atoms with Crippen molar-refractivity contribution in [3.8, 4) is 0 Å². The Hall–Kier alpha value is -1.48. The molecule has 2 N–H and O–H groups in total. The average molecular weight is 301 g/mol. The van der Waals surface area contributed by atoms with Gasteiger partial charge in [-0.05, 0) is 25.0 Å². The van der Waals surface area contributed by atoms with Crippen LogP contribution in [-0.2, 0) is 19.6 Å². The zero-order valence-electron chi connectivity index (χ0n) is 10.6. The highest BCUT2D eigenvalue weighted by molar-refractivity contribution is 7.89. The SMILES string of the molecule is O=C(O)c1ccccc1S(=O)(=O)NOC1CCCCO1. The third kappa shape index (κ3) is 3.54. The summed E-state index contributed by atoms with van der Waals surface area (Å²) in [5, 5.41) is 8.99. The average Bonchev–Trinajstić information content (AvgIpc) is 2.46. The molecule has 1 unspecified atom stereocenters. The standard InChI is InChI=1S/C12H15NO6S/c14-12(15)9-5-1-2-6-10(9)20(16,17)13-19-11-7-3-4-8-18-11/h1-2,5-6,11,13H,3-4,7-8H2,(H,14,15). The van der Waals surface area contributed by atoms with Crippen molar-refractivity contribution < 1.29 is 27.9 Å². The summed E-state index contributed by atoms with van der Waals surface area (Å²) in [5.41, 5.74) is -0.312. The fourth-order valence-corrected chi connectivity index (χ4v) is 2.87. The molecule has 0 aliphatic carbocycles. The maximum Gasteiger partial charge on any atom is 0.337 e. The van der Waals surface area contributed by atoms with Crippen LogP contribution in [0.2, 0.25) is 0 Å². The Balaban J connectivity index is 2.12. The van der Waals surface area contributed by atoms with Crippen LogP contribution in [0.1, 0.15) is 29.6 Å². The minimum atomic E-state index is -4.07. The zero-order chi connectivity index (χ0) is 14.6. The van der Waals surface area contributed by atoms with Gasteiger partial charge in [-0.3, -0.25) is 4.84 Å². The van der Waals surface area contributed by atoms with Crippen molar-refractivity contribution in [3.63, 3.8) is 0 Å². The summed E-state index contributed by atoms with van der Waals surface area (Å²) in [6.07, 6.45) is 1.74. The summed E-state index contributed by atoms with van der Waals surface area (Å²) < 4.78 is 29.3. The van der Waals surface area contributed by atoms with Gasteiger partial charge >= 0.3 is 5.97 Å². The molecule has 1 aliphatic rings. The third-order valence-corrected chi connectivity index (χ3v) is 4.08. The molecule has 20 heavy (non-hydrogen) atoms. The van der Waals surface area contributed by atoms with Crippen LogP contribution in [0, 0.1) is 0 Å². The van der Waals surface area contributed by atoms with E-state index in [-0.39, 0.29) is 10.5 Å². The summed E-state index contributed by atoms with van der Waals surface area (Å²) in [6, 6.07) is 5.32. The van der Waals surface area contributed by atoms with Crippen LogP contribution in [0.25, 0.3) is 0 Å². The second-order valence-corrected chi connectivity index (χ2v) is 5.92. The summed E-state index contributed by atoms with van der Waals surface area (Å²) in [5.74, 6) is -1.32. The summed E-state index contributed by atoms with van der Waals surface area (Å²) in [7, 11) is -4.07. The quantitative estimate of drug-likeness (QED) is 0.790. The van der Waals surface area contributed by atoms with Crippen molar-refractivity contribution in [3.05, 3.63) is 29.8 Å². The molecule has 1 aliphatic heterocycles. The molecule has 2 rings (SSSR count). The van der Waals surface area contributed by atoms with Gasteiger partial charge in [0.05, 0.1) is 10.5 Å². The number of ether oxygens (including phenoxy) is 1. The Bertz CT molecular complexity index is 579. The van der Waals surface area contributed by atoms with Gasteiger partial charge in [-0.15, -0.1) is 0 Å². The normalized spacial score (nSPS) is 19.7. The predicted octanol–water partition coefficient (Wildman–Crippen LogP) is 1.12. The molecule has 1 saturated heterocycles. The second kappa shape index (κ2) is 6.31. The lowest BCUT2D eigenvalue weighted by Gasteiger charge is -2.22. The molecule has 7 nitrogen and oxygen atoms in total. The van der Waals surface area contributed by atoms with E-state index in [9.17, 15) is 13.2 Å². The van der Waals surface area contributed by atoms with Crippen LogP contribution in [0.5, 0.6) is 0 Å². The molecular weight excluding hydrogens is 286 g/mol. The molecule has 1 heterocycles. The first-order valence-corrected chi connectivity index (χ1v) is 7.60. The lowest BCUT2D eigenvalue weighted by atomic mass is 10.2. The van der Waals surface area contributed by atoms with Gasteiger partial charge in [0, 0.05) is 13.0 Å². The van der Waals surface area contributed by atoms with Crippen LogP contribution in [0.3, 0.4) is 0 Å². The number of carbonyl (C=O) groups is 1. The number of sulfonamides is 1. The number of aromatic carboxylic acids is 1. The van der Waals surface area contributed by atoms with E-state index in [1.807, 2.05) is 4.89 Å². The van der Waals surface area contributed by atoms with Crippen LogP contribution in [0.15, 0.2) is 29.2 Å². The van der Waals surface area contributed by atoms with E-state index in [0.717, 1.165) is 12.8 Å². The number of carboxylic acid groups (broad SMARTS) is 1. The molecular formula is C12H15NO6S. The van der Waals surface area contributed by atoms with Crippen molar-refractivity contribution in [2.24, 2.45) is 0 Å². The fraction of sp³-hybridized carbons (Fsp3) is 0.417. The summed E-state index contributed by atoms with van der Waals surface area (Å²) in [4.78, 5) is 17.6. The lowest BCUT2D eigenvalue weighted by Crippen LogP contribution is -2.33. The maximum absolute atomic E-state index is 12.0. The highest BCUT2D eigenvalue weighted by atomic mass is 32.2. The molecule has 0 aromatic heterocycles. The Morgan fingerprint density at radius 3 is 2.75 bits per heavy atom. The van der Waals surface area contributed by atoms with Gasteiger partial charge in [-0.2, -0.15) is 0 Å². The topological polar surface area (TPSA) is 102 Å². The van der Waals surface area contributed by atoms with Gasteiger partial charge in [0.1, 0.15) is 0 Å². The van der Waals surface area contributed by atoms with E-state index < -0.39 is 22.3 Å². The first kappa shape index (κ1) is 14.9. The highest BCUT2D eigenvalue weighted by Gasteiger charge is 2.24. The van der Waals surface area contributed by atoms with E-state index in [4.69, 9.17) is 14.7 Å². The van der Waals surface area contributed by atoms with E-state index in [1.165, 1.54) is 24.3 Å². The molecule has 8 heteroatoms. The number of hydrogen-bond acceptors (Lipinski definition) is 5. The van der Waals surface area contributed by atoms with Gasteiger partial charge in [-0.1, -0.05) is 17.0 Å². The summed E-state index contributed by atoms with van der Waals surface area (Å²) in [6.45, 7) is 0.512. The van der Waals surface area contributed by atoms with Gasteiger partial charge in [0.15, 0.2) is 6.29 Å². The summed E-state index contributed by atoms with van der Waals surface area (Å²) >= 11 is 0. The minimum Gasteiger partial charge on any atom is -0.478 e. The van der Waals surface area contributed by atoms with Gasteiger partial charge in [-0.25, -0.2) is 13.2 Å². The smallest absolute Gasteiger partial charge is 0.337 e. The molecule has 0 spiro atoms. The Morgan fingerprint density at radius 2 is 2.10 bits per heavy atom. The van der Waals surface area contributed by atoms with Crippen molar-refractivity contribution in [2.75, 3.05) is 6.61 Å². The number of rotatable bonds is 5. The zero-order valence-corrected chi connectivity index (χ0v) is 11.4. The fourth-order valence-electron chi connectivity index (χ4n) is 1.84. The first-order chi connectivity index (χ1) is 9.50. The Morgan fingerprint density at radius 1 is 1.35 bits per heavy atom. The Labute approximate surface area is 116 Å². The molecule has 1 fully saturated rings. The third-order valence-electron chi connectivity index (χ3n) is 2.83. The lowest BCUT2D eigenvalue weighted by molar-refractivity contribution is -0.179. The Kier molecular flexibility index (Phi) is 4.71. The van der Waals surface area contributed by atoms with Crippen molar-refractivity contribution in [1.29, 1.82) is 0 Å². The maximum atomic E-state index is 12.0. The number of benzene rings is 1. The van der Waals surface area contributed by atoms with Gasteiger partial charge in [0.2, 0.25) is 0 Å². The minimum absolute atomic E-state index is 0.312. The van der Waals surface area contributed by atoms with Crippen LogP contribution >= 0.6 is 0 Å². The predicted molar refractivity (Wildman–Crippen MR) is 68.4 cm³/mol. The molecule has 0 bridgehead atoms. The van der Waals surface area contributed by atoms with Crippen molar-refractivity contribution in [2.45, 2.75) is 30.4 Å². The molecule has 0 amide bonds. The molecule has 110 valence electrons. The molecule has 0 radical (unpaired) electrons. The monoisotopic (exact) mass is 301 g/mol. The van der Waals surface area contributed by atoms with E-state index in [2.05, 4.69) is 0 Å².